The summed E-state index contributed by atoms with van der Waals surface area (Å²) in [4.78, 5) is 0. The molecule has 1 aliphatic rings. The van der Waals surface area contributed by atoms with Gasteiger partial charge in [0.25, 0.3) is 0 Å². The fraction of sp³-hybridized carbons (Fsp3) is 0.562. The molecule has 1 aliphatic carbocycles. The highest BCUT2D eigenvalue weighted by Gasteiger charge is 2.21. The smallest absolute Gasteiger partial charge is 0.103 e. The fourth-order valence-electron chi connectivity index (χ4n) is 2.98. The minimum atomic E-state index is 0.523. The molecule has 0 bridgehead atoms. The summed E-state index contributed by atoms with van der Waals surface area (Å²) in [5.41, 5.74) is 1.69. The van der Waals surface area contributed by atoms with Crippen LogP contribution >= 0.6 is 15.9 Å². The van der Waals surface area contributed by atoms with Gasteiger partial charge in [0.1, 0.15) is 6.07 Å². The monoisotopic (exact) mass is 320 g/mol. The molecule has 1 aromatic carbocycles. The van der Waals surface area contributed by atoms with E-state index in [1.807, 2.05) is 18.2 Å². The summed E-state index contributed by atoms with van der Waals surface area (Å²) >= 11 is 3.44. The second-order valence-corrected chi connectivity index (χ2v) is 6.28. The second kappa shape index (κ2) is 6.96. The van der Waals surface area contributed by atoms with Gasteiger partial charge in [0.05, 0.1) is 11.3 Å². The lowest BCUT2D eigenvalue weighted by atomic mass is 9.83. The lowest BCUT2D eigenvalue weighted by Gasteiger charge is -2.30. The van der Waals surface area contributed by atoms with Crippen LogP contribution in [0.25, 0.3) is 0 Å². The maximum absolute atomic E-state index is 9.22. The van der Waals surface area contributed by atoms with E-state index in [1.54, 1.807) is 0 Å². The predicted molar refractivity (Wildman–Crippen MR) is 83.1 cm³/mol. The van der Waals surface area contributed by atoms with E-state index in [-0.39, 0.29) is 0 Å². The molecule has 1 aromatic rings. The van der Waals surface area contributed by atoms with Gasteiger partial charge in [-0.25, -0.2) is 0 Å². The van der Waals surface area contributed by atoms with Crippen LogP contribution in [0.3, 0.4) is 0 Å². The average Bonchev–Trinajstić information content (AvgIpc) is 2.42. The molecule has 102 valence electrons. The molecule has 0 atom stereocenters. The minimum Gasteiger partial charge on any atom is -0.381 e. The van der Waals surface area contributed by atoms with Gasteiger partial charge in [-0.3, -0.25) is 0 Å². The molecule has 19 heavy (non-hydrogen) atoms. The lowest BCUT2D eigenvalue weighted by Crippen LogP contribution is -2.26. The van der Waals surface area contributed by atoms with Gasteiger partial charge in [0.2, 0.25) is 0 Å². The normalized spacial score (nSPS) is 22.8. The van der Waals surface area contributed by atoms with Crippen molar-refractivity contribution < 1.29 is 0 Å². The van der Waals surface area contributed by atoms with Gasteiger partial charge < -0.3 is 5.32 Å². The number of nitrogens with one attached hydrogen (secondary N) is 1. The number of nitrogens with zero attached hydrogens (tertiary/aromatic N) is 1. The first-order valence-electron chi connectivity index (χ1n) is 7.19. The quantitative estimate of drug-likeness (QED) is 0.838. The summed E-state index contributed by atoms with van der Waals surface area (Å²) in [7, 11) is 0. The molecule has 0 saturated heterocycles. The fourth-order valence-corrected chi connectivity index (χ4v) is 3.44. The number of anilines is 1. The molecule has 0 aliphatic heterocycles. The maximum atomic E-state index is 9.22. The van der Waals surface area contributed by atoms with Crippen molar-refractivity contribution in [3.05, 3.63) is 28.2 Å². The molecule has 0 radical (unpaired) electrons. The zero-order valence-electron chi connectivity index (χ0n) is 11.5. The summed E-state index contributed by atoms with van der Waals surface area (Å²) in [5.74, 6) is 0.918. The highest BCUT2D eigenvalue weighted by atomic mass is 79.9. The first-order chi connectivity index (χ1) is 9.24. The van der Waals surface area contributed by atoms with Gasteiger partial charge in [-0.05, 0) is 59.7 Å². The van der Waals surface area contributed by atoms with Crippen LogP contribution in [0.2, 0.25) is 0 Å². The molecule has 1 saturated carbocycles. The third-order valence-corrected chi connectivity index (χ3v) is 4.69. The number of rotatable bonds is 4. The number of benzene rings is 1. The van der Waals surface area contributed by atoms with Crippen LogP contribution < -0.4 is 5.32 Å². The Kier molecular flexibility index (Phi) is 5.27. The van der Waals surface area contributed by atoms with E-state index in [2.05, 4.69) is 34.2 Å². The third kappa shape index (κ3) is 3.73. The second-order valence-electron chi connectivity index (χ2n) is 5.42. The SMILES string of the molecule is CCCC1CCC(Nc2cccc(Br)c2C#N)CC1. The van der Waals surface area contributed by atoms with Crippen LogP contribution in [0.15, 0.2) is 22.7 Å². The Bertz CT molecular complexity index is 456. The predicted octanol–water partition coefficient (Wildman–Crippen LogP) is 5.09. The van der Waals surface area contributed by atoms with Crippen LogP contribution in [-0.2, 0) is 0 Å². The molecule has 1 N–H and O–H groups in total. The molecule has 0 aromatic heterocycles. The van der Waals surface area contributed by atoms with Crippen molar-refractivity contribution >= 4 is 21.6 Å². The van der Waals surface area contributed by atoms with Crippen LogP contribution in [0.4, 0.5) is 5.69 Å². The highest BCUT2D eigenvalue weighted by molar-refractivity contribution is 9.10. The van der Waals surface area contributed by atoms with E-state index < -0.39 is 0 Å². The molecule has 2 nitrogen and oxygen atoms in total. The number of hydrogen-bond acceptors (Lipinski definition) is 2. The van der Waals surface area contributed by atoms with Crippen LogP contribution in [0.5, 0.6) is 0 Å². The zero-order chi connectivity index (χ0) is 13.7. The zero-order valence-corrected chi connectivity index (χ0v) is 13.0. The van der Waals surface area contributed by atoms with Crippen LogP contribution in [0.1, 0.15) is 51.0 Å². The van der Waals surface area contributed by atoms with Gasteiger partial charge in [0.15, 0.2) is 0 Å². The Hall–Kier alpha value is -1.01. The minimum absolute atomic E-state index is 0.523. The molecule has 1 fully saturated rings. The maximum Gasteiger partial charge on any atom is 0.103 e. The summed E-state index contributed by atoms with van der Waals surface area (Å²) in [6, 6.07) is 8.70. The van der Waals surface area contributed by atoms with E-state index >= 15 is 0 Å². The van der Waals surface area contributed by atoms with Gasteiger partial charge >= 0.3 is 0 Å². The van der Waals surface area contributed by atoms with Crippen molar-refractivity contribution in [1.82, 2.24) is 0 Å². The van der Waals surface area contributed by atoms with Crippen LogP contribution in [-0.4, -0.2) is 6.04 Å². The Morgan fingerprint density at radius 2 is 2.05 bits per heavy atom. The molecule has 3 heteroatoms. The molecule has 2 rings (SSSR count). The van der Waals surface area contributed by atoms with Crippen molar-refractivity contribution in [3.63, 3.8) is 0 Å². The topological polar surface area (TPSA) is 35.8 Å². The third-order valence-electron chi connectivity index (χ3n) is 4.03. The lowest BCUT2D eigenvalue weighted by molar-refractivity contribution is 0.319. The molecule has 0 unspecified atom stereocenters. The number of halogens is 1. The number of hydrogen-bond donors (Lipinski definition) is 1. The first-order valence-corrected chi connectivity index (χ1v) is 7.99. The molecule has 0 heterocycles. The highest BCUT2D eigenvalue weighted by Crippen LogP contribution is 2.31. The van der Waals surface area contributed by atoms with E-state index in [9.17, 15) is 5.26 Å². The van der Waals surface area contributed by atoms with Gasteiger partial charge in [-0.2, -0.15) is 5.26 Å². The van der Waals surface area contributed by atoms with Crippen molar-refractivity contribution in [2.45, 2.75) is 51.5 Å². The van der Waals surface area contributed by atoms with Gasteiger partial charge in [-0.15, -0.1) is 0 Å². The summed E-state index contributed by atoms with van der Waals surface area (Å²) in [5, 5.41) is 12.8. The number of nitriles is 1. The van der Waals surface area contributed by atoms with E-state index in [0.717, 1.165) is 21.6 Å². The Morgan fingerprint density at radius 3 is 2.68 bits per heavy atom. The Labute approximate surface area is 124 Å². The van der Waals surface area contributed by atoms with Crippen molar-refractivity contribution in [3.8, 4) is 6.07 Å². The largest absolute Gasteiger partial charge is 0.381 e. The standard InChI is InChI=1S/C16H21BrN2/c1-2-4-12-7-9-13(10-8-12)19-16-6-3-5-15(17)14(16)11-18/h3,5-6,12-13,19H,2,4,7-10H2,1H3. The van der Waals surface area contributed by atoms with E-state index in [0.29, 0.717) is 6.04 Å². The van der Waals surface area contributed by atoms with Gasteiger partial charge in [0, 0.05) is 10.5 Å². The van der Waals surface area contributed by atoms with Gasteiger partial charge in [-0.1, -0.05) is 25.8 Å². The summed E-state index contributed by atoms with van der Waals surface area (Å²) in [6.07, 6.45) is 7.76. The Balaban J connectivity index is 1.96. The van der Waals surface area contributed by atoms with Crippen molar-refractivity contribution in [2.75, 3.05) is 5.32 Å². The molecule has 0 spiro atoms. The summed E-state index contributed by atoms with van der Waals surface area (Å²) in [6.45, 7) is 2.27. The molecular weight excluding hydrogens is 300 g/mol. The van der Waals surface area contributed by atoms with Crippen LogP contribution in [0, 0.1) is 17.2 Å². The van der Waals surface area contributed by atoms with Crippen molar-refractivity contribution in [1.29, 1.82) is 5.26 Å². The molecule has 0 amide bonds. The summed E-state index contributed by atoms with van der Waals surface area (Å²) < 4.78 is 0.875. The Morgan fingerprint density at radius 1 is 1.32 bits per heavy atom. The first kappa shape index (κ1) is 14.4. The van der Waals surface area contributed by atoms with E-state index in [4.69, 9.17) is 0 Å². The van der Waals surface area contributed by atoms with Crippen molar-refractivity contribution in [2.24, 2.45) is 5.92 Å². The average molecular weight is 321 g/mol. The molecular formula is C16H21BrN2. The van der Waals surface area contributed by atoms with E-state index in [1.165, 1.54) is 38.5 Å².